The van der Waals surface area contributed by atoms with Crippen molar-refractivity contribution in [3.05, 3.63) is 64.2 Å². The molecule has 9 heteroatoms. The smallest absolute Gasteiger partial charge is 0.269 e. The second-order valence-electron chi connectivity index (χ2n) is 7.62. The summed E-state index contributed by atoms with van der Waals surface area (Å²) in [5, 5.41) is 3.44. The fraction of sp³-hybridized carbons (Fsp3) is 0.333. The third kappa shape index (κ3) is 3.95. The van der Waals surface area contributed by atoms with E-state index in [1.807, 2.05) is 37.2 Å². The zero-order chi connectivity index (χ0) is 22.2. The van der Waals surface area contributed by atoms with Crippen molar-refractivity contribution in [2.45, 2.75) is 30.8 Å². The van der Waals surface area contributed by atoms with Gasteiger partial charge < -0.3 is 10.2 Å². The van der Waals surface area contributed by atoms with E-state index in [1.54, 1.807) is 19.9 Å². The van der Waals surface area contributed by atoms with E-state index in [9.17, 15) is 18.0 Å². The molecule has 1 aliphatic rings. The van der Waals surface area contributed by atoms with E-state index >= 15 is 0 Å². The first-order valence-corrected chi connectivity index (χ1v) is 11.3. The van der Waals surface area contributed by atoms with Crippen molar-refractivity contribution in [2.75, 3.05) is 20.6 Å². The first-order valence-electron chi connectivity index (χ1n) is 9.47. The molecule has 0 bridgehead atoms. The summed E-state index contributed by atoms with van der Waals surface area (Å²) < 4.78 is 26.3. The average molecular weight is 450 g/mol. The van der Waals surface area contributed by atoms with Crippen LogP contribution >= 0.6 is 11.6 Å². The molecule has 7 nitrogen and oxygen atoms in total. The fourth-order valence-corrected chi connectivity index (χ4v) is 5.56. The zero-order valence-corrected chi connectivity index (χ0v) is 18.8. The maximum Gasteiger partial charge on any atom is 0.269 e. The molecule has 0 aromatic heterocycles. The minimum Gasteiger partial charge on any atom is -0.350 e. The Bertz CT molecular complexity index is 1100. The number of fused-ring (bicyclic) bond motifs is 1. The molecule has 0 radical (unpaired) electrons. The maximum atomic E-state index is 12.7. The third-order valence-corrected chi connectivity index (χ3v) is 7.37. The second-order valence-corrected chi connectivity index (χ2v) is 9.81. The summed E-state index contributed by atoms with van der Waals surface area (Å²) in [5.74, 6) is -0.999. The summed E-state index contributed by atoms with van der Waals surface area (Å²) in [6.07, 6.45) is 0. The van der Waals surface area contributed by atoms with Gasteiger partial charge >= 0.3 is 0 Å². The van der Waals surface area contributed by atoms with Crippen molar-refractivity contribution < 1.29 is 18.0 Å². The Balaban J connectivity index is 1.83. The molecule has 1 aliphatic heterocycles. The number of carbonyl (C=O) groups is 2. The molecule has 0 spiro atoms. The number of sulfonamides is 1. The summed E-state index contributed by atoms with van der Waals surface area (Å²) in [6.45, 7) is 3.53. The molecule has 2 amide bonds. The first-order chi connectivity index (χ1) is 14.1. The van der Waals surface area contributed by atoms with Crippen LogP contribution in [0.15, 0.2) is 47.4 Å². The molecule has 0 saturated carbocycles. The van der Waals surface area contributed by atoms with Crippen LogP contribution in [0.4, 0.5) is 0 Å². The number of rotatable bonds is 6. The number of amides is 2. The number of halogens is 1. The molecule has 1 heterocycles. The van der Waals surface area contributed by atoms with Crippen LogP contribution in [0, 0.1) is 0 Å². The Morgan fingerprint density at radius 1 is 1.17 bits per heavy atom. The van der Waals surface area contributed by atoms with E-state index in [0.29, 0.717) is 5.02 Å². The van der Waals surface area contributed by atoms with Crippen molar-refractivity contribution in [3.8, 4) is 0 Å². The molecule has 1 unspecified atom stereocenters. The molecular formula is C21H24ClN3O4S. The second kappa shape index (κ2) is 8.37. The van der Waals surface area contributed by atoms with Crippen LogP contribution in [0.5, 0.6) is 0 Å². The summed E-state index contributed by atoms with van der Waals surface area (Å²) >= 11 is 6.30. The van der Waals surface area contributed by atoms with Crippen LogP contribution in [0.1, 0.15) is 46.2 Å². The zero-order valence-electron chi connectivity index (χ0n) is 17.2. The highest BCUT2D eigenvalue weighted by molar-refractivity contribution is 7.90. The van der Waals surface area contributed by atoms with Crippen LogP contribution in [-0.2, 0) is 10.0 Å². The van der Waals surface area contributed by atoms with Crippen LogP contribution in [0.2, 0.25) is 5.02 Å². The number of carbonyl (C=O) groups excluding carboxylic acids is 2. The SMILES string of the molecule is CC(C)N1C(=O)c2ccc(C(=O)NCC(c3ccccc3Cl)N(C)C)cc2S1(=O)=O. The summed E-state index contributed by atoms with van der Waals surface area (Å²) in [5.41, 5.74) is 1.13. The summed E-state index contributed by atoms with van der Waals surface area (Å²) in [6, 6.07) is 10.8. The lowest BCUT2D eigenvalue weighted by atomic mass is 10.1. The standard InChI is InChI=1S/C21H24ClN3O4S/c1-13(2)25-21(27)16-10-9-14(11-19(16)30(25,28)29)20(26)23-12-18(24(3)4)15-7-5-6-8-17(15)22/h5-11,13,18H,12H2,1-4H3,(H,23,26). The van der Waals surface area contributed by atoms with Gasteiger partial charge in [-0.1, -0.05) is 29.8 Å². The number of likely N-dealkylation sites (N-methyl/N-ethyl adjacent to an activating group) is 1. The Kier molecular flexibility index (Phi) is 6.21. The van der Waals surface area contributed by atoms with Crippen molar-refractivity contribution >= 4 is 33.4 Å². The van der Waals surface area contributed by atoms with Crippen molar-refractivity contribution in [1.29, 1.82) is 0 Å². The van der Waals surface area contributed by atoms with E-state index in [4.69, 9.17) is 11.6 Å². The van der Waals surface area contributed by atoms with Crippen molar-refractivity contribution in [2.24, 2.45) is 0 Å². The van der Waals surface area contributed by atoms with Gasteiger partial charge in [0.05, 0.1) is 11.6 Å². The lowest BCUT2D eigenvalue weighted by Gasteiger charge is -2.26. The van der Waals surface area contributed by atoms with Gasteiger partial charge in [0.15, 0.2) is 0 Å². The molecule has 2 aromatic carbocycles. The highest BCUT2D eigenvalue weighted by Crippen LogP contribution is 2.32. The minimum absolute atomic E-state index is 0.0856. The fourth-order valence-electron chi connectivity index (χ4n) is 3.51. The molecule has 0 saturated heterocycles. The molecule has 2 aromatic rings. The van der Waals surface area contributed by atoms with Gasteiger partial charge in [0.25, 0.3) is 21.8 Å². The van der Waals surface area contributed by atoms with Crippen LogP contribution in [0.3, 0.4) is 0 Å². The van der Waals surface area contributed by atoms with Gasteiger partial charge in [0.1, 0.15) is 4.90 Å². The molecule has 1 N–H and O–H groups in total. The molecular weight excluding hydrogens is 426 g/mol. The van der Waals surface area contributed by atoms with Gasteiger partial charge in [0.2, 0.25) is 0 Å². The van der Waals surface area contributed by atoms with E-state index in [0.717, 1.165) is 9.87 Å². The van der Waals surface area contributed by atoms with E-state index in [1.165, 1.54) is 18.2 Å². The third-order valence-electron chi connectivity index (χ3n) is 5.02. The van der Waals surface area contributed by atoms with Crippen molar-refractivity contribution in [3.63, 3.8) is 0 Å². The van der Waals surface area contributed by atoms with Crippen LogP contribution in [0.25, 0.3) is 0 Å². The Morgan fingerprint density at radius 2 is 1.83 bits per heavy atom. The number of nitrogens with zero attached hydrogens (tertiary/aromatic N) is 2. The first kappa shape index (κ1) is 22.3. The van der Waals surface area contributed by atoms with Crippen molar-refractivity contribution in [1.82, 2.24) is 14.5 Å². The number of hydrogen-bond donors (Lipinski definition) is 1. The molecule has 3 rings (SSSR count). The molecule has 30 heavy (non-hydrogen) atoms. The minimum atomic E-state index is -3.97. The maximum absolute atomic E-state index is 12.7. The van der Waals surface area contributed by atoms with Crippen LogP contribution in [-0.4, -0.2) is 56.1 Å². The summed E-state index contributed by atoms with van der Waals surface area (Å²) in [7, 11) is -0.200. The van der Waals surface area contributed by atoms with Gasteiger partial charge in [0, 0.05) is 23.2 Å². The van der Waals surface area contributed by atoms with Gasteiger partial charge in [-0.3, -0.25) is 9.59 Å². The topological polar surface area (TPSA) is 86.8 Å². The molecule has 0 aliphatic carbocycles. The number of benzene rings is 2. The van der Waals surface area contributed by atoms with Gasteiger partial charge in [-0.2, -0.15) is 0 Å². The highest BCUT2D eigenvalue weighted by Gasteiger charge is 2.42. The highest BCUT2D eigenvalue weighted by atomic mass is 35.5. The van der Waals surface area contributed by atoms with Gasteiger partial charge in [-0.15, -0.1) is 0 Å². The van der Waals surface area contributed by atoms with Crippen LogP contribution < -0.4 is 5.32 Å². The molecule has 160 valence electrons. The van der Waals surface area contributed by atoms with Gasteiger partial charge in [-0.25, -0.2) is 12.7 Å². The summed E-state index contributed by atoms with van der Waals surface area (Å²) in [4.78, 5) is 27.0. The number of hydrogen-bond acceptors (Lipinski definition) is 5. The monoisotopic (exact) mass is 449 g/mol. The average Bonchev–Trinajstić information content (AvgIpc) is 2.88. The normalized spacial score (nSPS) is 16.1. The Labute approximate surface area is 181 Å². The predicted octanol–water partition coefficient (Wildman–Crippen LogP) is 2.93. The lowest BCUT2D eigenvalue weighted by Crippen LogP contribution is -2.36. The van der Waals surface area contributed by atoms with Gasteiger partial charge in [-0.05, 0) is 57.8 Å². The Hall–Kier alpha value is -2.42. The predicted molar refractivity (Wildman–Crippen MR) is 115 cm³/mol. The largest absolute Gasteiger partial charge is 0.350 e. The number of nitrogens with one attached hydrogen (secondary N) is 1. The van der Waals surface area contributed by atoms with E-state index in [2.05, 4.69) is 5.32 Å². The van der Waals surface area contributed by atoms with E-state index in [-0.39, 0.29) is 28.6 Å². The quantitative estimate of drug-likeness (QED) is 0.732. The molecule has 1 atom stereocenters. The van der Waals surface area contributed by atoms with E-state index < -0.39 is 27.9 Å². The molecule has 0 fully saturated rings. The Morgan fingerprint density at radius 3 is 2.43 bits per heavy atom. The lowest BCUT2D eigenvalue weighted by molar-refractivity contribution is 0.0845.